The zero-order chi connectivity index (χ0) is 7.82. The summed E-state index contributed by atoms with van der Waals surface area (Å²) in [5.41, 5.74) is 3.20. The molecule has 0 saturated carbocycles. The van der Waals surface area contributed by atoms with Crippen LogP contribution in [0.5, 0.6) is 0 Å². The Kier molecular flexibility index (Phi) is 6.55. The maximum absolute atomic E-state index is 3.66. The maximum Gasteiger partial charge on any atom is 0.0102 e. The van der Waals surface area contributed by atoms with E-state index >= 15 is 0 Å². The fourth-order valence-electron chi connectivity index (χ4n) is 0.716. The second-order valence-electron chi connectivity index (χ2n) is 2.59. The van der Waals surface area contributed by atoms with Crippen LogP contribution in [-0.4, -0.2) is 25.6 Å². The van der Waals surface area contributed by atoms with E-state index in [1.807, 2.05) is 25.2 Å². The number of rotatable bonds is 6. The Bertz CT molecular complexity index is 79.3. The van der Waals surface area contributed by atoms with E-state index in [1.54, 1.807) is 0 Å². The minimum Gasteiger partial charge on any atom is -0.256 e. The molecule has 0 aliphatic heterocycles. The highest BCUT2D eigenvalue weighted by molar-refractivity contribution is 4.65. The van der Waals surface area contributed by atoms with Crippen LogP contribution in [0.4, 0.5) is 0 Å². The lowest BCUT2D eigenvalue weighted by Gasteiger charge is -2.10. The van der Waals surface area contributed by atoms with Gasteiger partial charge in [-0.2, -0.15) is 0 Å². The number of nitrogens with one attached hydrogen (secondary N) is 1. The molecule has 0 spiro atoms. The van der Waals surface area contributed by atoms with Crippen molar-refractivity contribution in [2.24, 2.45) is 0 Å². The quantitative estimate of drug-likeness (QED) is 0.343. The van der Waals surface area contributed by atoms with Crippen LogP contribution in [0.2, 0.25) is 0 Å². The molecule has 0 saturated heterocycles. The van der Waals surface area contributed by atoms with Crippen LogP contribution in [0, 0.1) is 0 Å². The molecule has 0 fully saturated rings. The SMILES string of the molecule is C=CCCCCNN(C)C. The zero-order valence-electron chi connectivity index (χ0n) is 7.06. The van der Waals surface area contributed by atoms with Crippen LogP contribution >= 0.6 is 0 Å². The second-order valence-corrected chi connectivity index (χ2v) is 2.59. The number of allylic oxidation sites excluding steroid dienone is 1. The highest BCUT2D eigenvalue weighted by Crippen LogP contribution is 1.93. The fraction of sp³-hybridized carbons (Fsp3) is 0.750. The van der Waals surface area contributed by atoms with Gasteiger partial charge in [0.25, 0.3) is 0 Å². The van der Waals surface area contributed by atoms with E-state index in [2.05, 4.69) is 12.0 Å². The Morgan fingerprint density at radius 2 is 2.10 bits per heavy atom. The summed E-state index contributed by atoms with van der Waals surface area (Å²) in [5.74, 6) is 0. The molecule has 0 aromatic carbocycles. The summed E-state index contributed by atoms with van der Waals surface area (Å²) in [6.07, 6.45) is 5.57. The summed E-state index contributed by atoms with van der Waals surface area (Å²) in [7, 11) is 4.01. The molecule has 0 unspecified atom stereocenters. The Labute approximate surface area is 63.9 Å². The van der Waals surface area contributed by atoms with Crippen molar-refractivity contribution in [3.63, 3.8) is 0 Å². The molecule has 2 heteroatoms. The third kappa shape index (κ3) is 7.66. The molecule has 0 aliphatic rings. The van der Waals surface area contributed by atoms with Crippen LogP contribution < -0.4 is 5.43 Å². The van der Waals surface area contributed by atoms with Gasteiger partial charge in [-0.1, -0.05) is 6.08 Å². The first-order valence-corrected chi connectivity index (χ1v) is 3.79. The molecule has 0 atom stereocenters. The van der Waals surface area contributed by atoms with Crippen molar-refractivity contribution in [1.29, 1.82) is 0 Å². The van der Waals surface area contributed by atoms with Gasteiger partial charge >= 0.3 is 0 Å². The summed E-state index contributed by atoms with van der Waals surface area (Å²) in [4.78, 5) is 0. The van der Waals surface area contributed by atoms with Crippen LogP contribution in [0.3, 0.4) is 0 Å². The molecule has 0 radical (unpaired) electrons. The maximum atomic E-state index is 3.66. The third-order valence-corrected chi connectivity index (χ3v) is 1.26. The molecule has 0 amide bonds. The first kappa shape index (κ1) is 9.66. The summed E-state index contributed by atoms with van der Waals surface area (Å²) in [6.45, 7) is 4.73. The summed E-state index contributed by atoms with van der Waals surface area (Å²) in [5, 5.41) is 1.98. The van der Waals surface area contributed by atoms with Crippen molar-refractivity contribution >= 4 is 0 Å². The topological polar surface area (TPSA) is 15.3 Å². The molecular weight excluding hydrogens is 124 g/mol. The highest BCUT2D eigenvalue weighted by atomic mass is 15.5. The third-order valence-electron chi connectivity index (χ3n) is 1.26. The molecule has 0 bridgehead atoms. The van der Waals surface area contributed by atoms with Gasteiger partial charge in [0, 0.05) is 20.6 Å². The van der Waals surface area contributed by atoms with E-state index in [1.165, 1.54) is 12.8 Å². The fourth-order valence-corrected chi connectivity index (χ4v) is 0.716. The second kappa shape index (κ2) is 6.78. The van der Waals surface area contributed by atoms with E-state index in [-0.39, 0.29) is 0 Å². The first-order valence-electron chi connectivity index (χ1n) is 3.79. The lowest BCUT2D eigenvalue weighted by Crippen LogP contribution is -2.30. The van der Waals surface area contributed by atoms with Crippen molar-refractivity contribution < 1.29 is 0 Å². The van der Waals surface area contributed by atoms with Gasteiger partial charge in [0.1, 0.15) is 0 Å². The Morgan fingerprint density at radius 3 is 2.60 bits per heavy atom. The number of unbranched alkanes of at least 4 members (excludes halogenated alkanes) is 2. The Morgan fingerprint density at radius 1 is 1.40 bits per heavy atom. The number of hydrogen-bond donors (Lipinski definition) is 1. The van der Waals surface area contributed by atoms with Gasteiger partial charge in [0.15, 0.2) is 0 Å². The van der Waals surface area contributed by atoms with Crippen LogP contribution in [0.1, 0.15) is 19.3 Å². The summed E-state index contributed by atoms with van der Waals surface area (Å²) in [6, 6.07) is 0. The molecule has 0 rings (SSSR count). The van der Waals surface area contributed by atoms with Gasteiger partial charge in [0.2, 0.25) is 0 Å². The first-order chi connectivity index (χ1) is 4.77. The molecule has 10 heavy (non-hydrogen) atoms. The van der Waals surface area contributed by atoms with Gasteiger partial charge in [0.05, 0.1) is 0 Å². The van der Waals surface area contributed by atoms with E-state index in [0.29, 0.717) is 0 Å². The van der Waals surface area contributed by atoms with Gasteiger partial charge < -0.3 is 0 Å². The zero-order valence-corrected chi connectivity index (χ0v) is 7.06. The smallest absolute Gasteiger partial charge is 0.0102 e. The summed E-state index contributed by atoms with van der Waals surface area (Å²) < 4.78 is 0. The number of hydrogen-bond acceptors (Lipinski definition) is 2. The predicted octanol–water partition coefficient (Wildman–Crippen LogP) is 1.41. The standard InChI is InChI=1S/C8H18N2/c1-4-5-6-7-8-9-10(2)3/h4,9H,1,5-8H2,2-3H3. The normalized spacial score (nSPS) is 10.3. The van der Waals surface area contributed by atoms with Crippen molar-refractivity contribution in [2.45, 2.75) is 19.3 Å². The molecule has 0 aromatic heterocycles. The average molecular weight is 142 g/mol. The number of nitrogens with zero attached hydrogens (tertiary/aromatic N) is 1. The molecule has 0 aliphatic carbocycles. The monoisotopic (exact) mass is 142 g/mol. The molecule has 0 aromatic rings. The van der Waals surface area contributed by atoms with E-state index < -0.39 is 0 Å². The van der Waals surface area contributed by atoms with E-state index in [9.17, 15) is 0 Å². The van der Waals surface area contributed by atoms with Gasteiger partial charge in [-0.05, 0) is 19.3 Å². The van der Waals surface area contributed by atoms with Crippen LogP contribution in [0.15, 0.2) is 12.7 Å². The lowest BCUT2D eigenvalue weighted by atomic mass is 10.2. The van der Waals surface area contributed by atoms with Crippen LogP contribution in [0.25, 0.3) is 0 Å². The van der Waals surface area contributed by atoms with E-state index in [4.69, 9.17) is 0 Å². The van der Waals surface area contributed by atoms with Gasteiger partial charge in [-0.15, -0.1) is 6.58 Å². The molecule has 1 N–H and O–H groups in total. The van der Waals surface area contributed by atoms with Crippen LogP contribution in [-0.2, 0) is 0 Å². The van der Waals surface area contributed by atoms with Crippen molar-refractivity contribution in [3.05, 3.63) is 12.7 Å². The minimum atomic E-state index is 1.07. The highest BCUT2D eigenvalue weighted by Gasteiger charge is 1.86. The number of hydrazine groups is 1. The van der Waals surface area contributed by atoms with Crippen molar-refractivity contribution in [1.82, 2.24) is 10.4 Å². The van der Waals surface area contributed by atoms with Gasteiger partial charge in [-0.3, -0.25) is 10.4 Å². The minimum absolute atomic E-state index is 1.07. The van der Waals surface area contributed by atoms with Gasteiger partial charge in [-0.25, -0.2) is 0 Å². The largest absolute Gasteiger partial charge is 0.256 e. The molecule has 60 valence electrons. The Balaban J connectivity index is 2.83. The molecule has 2 nitrogen and oxygen atoms in total. The lowest BCUT2D eigenvalue weighted by molar-refractivity contribution is 0.287. The Hall–Kier alpha value is -0.340. The van der Waals surface area contributed by atoms with E-state index in [0.717, 1.165) is 13.0 Å². The molecular formula is C8H18N2. The van der Waals surface area contributed by atoms with Crippen molar-refractivity contribution in [2.75, 3.05) is 20.6 Å². The molecule has 0 heterocycles. The summed E-state index contributed by atoms with van der Waals surface area (Å²) >= 11 is 0. The van der Waals surface area contributed by atoms with Crippen molar-refractivity contribution in [3.8, 4) is 0 Å². The average Bonchev–Trinajstić information content (AvgIpc) is 1.87. The predicted molar refractivity (Wildman–Crippen MR) is 45.7 cm³/mol.